The molecule has 0 unspecified atom stereocenters. The van der Waals surface area contributed by atoms with Crippen LogP contribution >= 0.6 is 11.3 Å². The van der Waals surface area contributed by atoms with Crippen LogP contribution in [0.5, 0.6) is 0 Å². The van der Waals surface area contributed by atoms with E-state index in [1.807, 2.05) is 32.4 Å². The molecule has 0 saturated heterocycles. The number of pyridine rings is 1. The van der Waals surface area contributed by atoms with Gasteiger partial charge in [0.05, 0.1) is 23.4 Å². The van der Waals surface area contributed by atoms with Gasteiger partial charge in [-0.1, -0.05) is 0 Å². The van der Waals surface area contributed by atoms with E-state index >= 15 is 0 Å². The van der Waals surface area contributed by atoms with Gasteiger partial charge in [-0.3, -0.25) is 9.67 Å². The van der Waals surface area contributed by atoms with Crippen molar-refractivity contribution in [1.82, 2.24) is 19.7 Å². The average Bonchev–Trinajstić information content (AvgIpc) is 2.91. The molecule has 0 aliphatic heterocycles. The zero-order valence-electron chi connectivity index (χ0n) is 10.2. The van der Waals surface area contributed by atoms with Crippen molar-refractivity contribution in [2.24, 2.45) is 7.05 Å². The summed E-state index contributed by atoms with van der Waals surface area (Å²) in [5, 5.41) is 8.88. The van der Waals surface area contributed by atoms with Crippen molar-refractivity contribution in [1.29, 1.82) is 0 Å². The second-order valence-corrected chi connectivity index (χ2v) is 5.41. The first-order valence-electron chi connectivity index (χ1n) is 5.66. The third-order valence-electron chi connectivity index (χ3n) is 2.64. The third kappa shape index (κ3) is 2.06. The van der Waals surface area contributed by atoms with Crippen LogP contribution in [0.25, 0.3) is 11.0 Å². The summed E-state index contributed by atoms with van der Waals surface area (Å²) in [6.07, 6.45) is 5.62. The number of nitrogens with zero attached hydrogens (tertiary/aromatic N) is 4. The maximum atomic E-state index is 4.41. The Balaban J connectivity index is 1.86. The van der Waals surface area contributed by atoms with Gasteiger partial charge < -0.3 is 5.32 Å². The minimum atomic E-state index is 0.765. The van der Waals surface area contributed by atoms with Gasteiger partial charge in [-0.05, 0) is 13.0 Å². The Morgan fingerprint density at radius 2 is 2.28 bits per heavy atom. The van der Waals surface area contributed by atoms with E-state index in [1.54, 1.807) is 22.2 Å². The first kappa shape index (κ1) is 11.2. The maximum Gasteiger partial charge on any atom is 0.134 e. The molecule has 18 heavy (non-hydrogen) atoms. The Morgan fingerprint density at radius 1 is 1.39 bits per heavy atom. The second kappa shape index (κ2) is 4.38. The Bertz CT molecular complexity index is 685. The number of anilines is 1. The number of aromatic nitrogens is 4. The molecule has 0 spiro atoms. The molecule has 3 aromatic rings. The average molecular weight is 259 g/mol. The van der Waals surface area contributed by atoms with Gasteiger partial charge in [-0.15, -0.1) is 11.3 Å². The monoisotopic (exact) mass is 259 g/mol. The van der Waals surface area contributed by atoms with Crippen molar-refractivity contribution in [2.45, 2.75) is 13.5 Å². The van der Waals surface area contributed by atoms with Crippen molar-refractivity contribution in [3.63, 3.8) is 0 Å². The maximum absolute atomic E-state index is 4.41. The molecule has 5 nitrogen and oxygen atoms in total. The summed E-state index contributed by atoms with van der Waals surface area (Å²) in [5.41, 5.74) is 2.82. The Kier molecular flexibility index (Phi) is 2.71. The number of fused-ring (bicyclic) bond motifs is 1. The van der Waals surface area contributed by atoms with Crippen LogP contribution in [0.15, 0.2) is 24.7 Å². The molecule has 0 bridgehead atoms. The van der Waals surface area contributed by atoms with Crippen molar-refractivity contribution in [2.75, 3.05) is 5.32 Å². The van der Waals surface area contributed by atoms with Gasteiger partial charge in [0.2, 0.25) is 0 Å². The molecule has 3 aromatic heterocycles. The molecule has 0 radical (unpaired) electrons. The summed E-state index contributed by atoms with van der Waals surface area (Å²) < 4.78 is 1.78. The second-order valence-electron chi connectivity index (χ2n) is 4.09. The Labute approximate surface area is 109 Å². The van der Waals surface area contributed by atoms with Crippen LogP contribution in [0.2, 0.25) is 0 Å². The van der Waals surface area contributed by atoms with Gasteiger partial charge in [0.25, 0.3) is 0 Å². The van der Waals surface area contributed by atoms with Gasteiger partial charge in [0.1, 0.15) is 11.0 Å². The molecule has 0 aromatic carbocycles. The molecular weight excluding hydrogens is 246 g/mol. The van der Waals surface area contributed by atoms with Crippen LogP contribution in [0, 0.1) is 6.92 Å². The van der Waals surface area contributed by atoms with Crippen molar-refractivity contribution in [3.05, 3.63) is 34.5 Å². The first-order chi connectivity index (χ1) is 8.72. The smallest absolute Gasteiger partial charge is 0.134 e. The van der Waals surface area contributed by atoms with E-state index in [1.165, 1.54) is 4.88 Å². The van der Waals surface area contributed by atoms with E-state index in [-0.39, 0.29) is 0 Å². The van der Waals surface area contributed by atoms with Crippen LogP contribution in [0.3, 0.4) is 0 Å². The molecule has 0 aliphatic carbocycles. The minimum absolute atomic E-state index is 0.765. The standard InChI is InChI=1S/C12H13N5S/c1-8-14-5-9(18-8)6-15-10-3-4-13-11-7-17(2)16-12(10)11/h3-5,7,15H,6H2,1-2H3. The molecule has 0 atom stereocenters. The zero-order valence-corrected chi connectivity index (χ0v) is 11.0. The van der Waals surface area contributed by atoms with E-state index in [0.717, 1.165) is 28.3 Å². The fraction of sp³-hybridized carbons (Fsp3) is 0.250. The topological polar surface area (TPSA) is 55.6 Å². The SMILES string of the molecule is Cc1ncc(CNc2ccnc3cn(C)nc23)s1. The van der Waals surface area contributed by atoms with E-state index < -0.39 is 0 Å². The van der Waals surface area contributed by atoms with E-state index in [9.17, 15) is 0 Å². The van der Waals surface area contributed by atoms with Crippen LogP contribution in [-0.4, -0.2) is 19.7 Å². The van der Waals surface area contributed by atoms with E-state index in [4.69, 9.17) is 0 Å². The highest BCUT2D eigenvalue weighted by molar-refractivity contribution is 7.11. The van der Waals surface area contributed by atoms with Gasteiger partial charge in [0.15, 0.2) is 0 Å². The normalized spacial score (nSPS) is 11.0. The highest BCUT2D eigenvalue weighted by atomic mass is 32.1. The fourth-order valence-electron chi connectivity index (χ4n) is 1.85. The molecule has 0 amide bonds. The highest BCUT2D eigenvalue weighted by Crippen LogP contribution is 2.21. The first-order valence-corrected chi connectivity index (χ1v) is 6.47. The van der Waals surface area contributed by atoms with Crippen LogP contribution in [0.4, 0.5) is 5.69 Å². The predicted octanol–water partition coefficient (Wildman–Crippen LogP) is 2.35. The van der Waals surface area contributed by atoms with Crippen LogP contribution < -0.4 is 5.32 Å². The molecule has 0 aliphatic rings. The quantitative estimate of drug-likeness (QED) is 0.784. The van der Waals surface area contributed by atoms with Gasteiger partial charge >= 0.3 is 0 Å². The van der Waals surface area contributed by atoms with E-state index in [2.05, 4.69) is 20.4 Å². The minimum Gasteiger partial charge on any atom is -0.378 e. The third-order valence-corrected chi connectivity index (χ3v) is 3.55. The Hall–Kier alpha value is -1.95. The highest BCUT2D eigenvalue weighted by Gasteiger charge is 2.06. The van der Waals surface area contributed by atoms with Crippen LogP contribution in [-0.2, 0) is 13.6 Å². The van der Waals surface area contributed by atoms with Crippen LogP contribution in [0.1, 0.15) is 9.88 Å². The number of thiazole rings is 1. The summed E-state index contributed by atoms with van der Waals surface area (Å²) in [5.74, 6) is 0. The predicted molar refractivity (Wildman–Crippen MR) is 72.7 cm³/mol. The lowest BCUT2D eigenvalue weighted by molar-refractivity contribution is 0.779. The summed E-state index contributed by atoms with van der Waals surface area (Å²) >= 11 is 1.70. The lowest BCUT2D eigenvalue weighted by Gasteiger charge is -2.04. The lowest BCUT2D eigenvalue weighted by Crippen LogP contribution is -1.98. The molecule has 3 rings (SSSR count). The van der Waals surface area contributed by atoms with Crippen molar-refractivity contribution >= 4 is 28.1 Å². The molecule has 0 fully saturated rings. The van der Waals surface area contributed by atoms with Gasteiger partial charge in [0, 0.05) is 24.3 Å². The molecule has 3 heterocycles. The van der Waals surface area contributed by atoms with Gasteiger partial charge in [-0.2, -0.15) is 5.10 Å². The summed E-state index contributed by atoms with van der Waals surface area (Å²) in [6, 6.07) is 1.95. The number of nitrogens with one attached hydrogen (secondary N) is 1. The molecule has 6 heteroatoms. The summed E-state index contributed by atoms with van der Waals surface area (Å²) in [6.45, 7) is 2.78. The number of hydrogen-bond acceptors (Lipinski definition) is 5. The lowest BCUT2D eigenvalue weighted by atomic mass is 10.3. The zero-order chi connectivity index (χ0) is 12.5. The fourth-order valence-corrected chi connectivity index (χ4v) is 2.58. The van der Waals surface area contributed by atoms with Crippen molar-refractivity contribution < 1.29 is 0 Å². The molecule has 0 saturated carbocycles. The number of rotatable bonds is 3. The summed E-state index contributed by atoms with van der Waals surface area (Å²) in [4.78, 5) is 9.75. The summed E-state index contributed by atoms with van der Waals surface area (Å²) in [7, 11) is 1.90. The molecular formula is C12H13N5S. The largest absolute Gasteiger partial charge is 0.378 e. The number of hydrogen-bond donors (Lipinski definition) is 1. The molecule has 92 valence electrons. The molecule has 1 N–H and O–H groups in total. The van der Waals surface area contributed by atoms with Gasteiger partial charge in [-0.25, -0.2) is 4.98 Å². The number of aryl methyl sites for hydroxylation is 2. The van der Waals surface area contributed by atoms with E-state index in [0.29, 0.717) is 0 Å². The van der Waals surface area contributed by atoms with Crippen molar-refractivity contribution in [3.8, 4) is 0 Å². The Morgan fingerprint density at radius 3 is 3.06 bits per heavy atom.